The molecule has 3 atom stereocenters. The second kappa shape index (κ2) is 6.50. The maximum Gasteiger partial charge on any atom is 0.234 e. The highest BCUT2D eigenvalue weighted by atomic mass is 16.5. The molecule has 0 spiro atoms. The van der Waals surface area contributed by atoms with Crippen LogP contribution >= 0.6 is 0 Å². The zero-order valence-corrected chi connectivity index (χ0v) is 11.4. The fourth-order valence-electron chi connectivity index (χ4n) is 3.16. The number of hydrogen-bond acceptors (Lipinski definition) is 4. The molecule has 1 amide bonds. The van der Waals surface area contributed by atoms with Gasteiger partial charge in [-0.25, -0.2) is 0 Å². The Labute approximate surface area is 109 Å². The van der Waals surface area contributed by atoms with Gasteiger partial charge in [0.1, 0.15) is 0 Å². The van der Waals surface area contributed by atoms with Crippen molar-refractivity contribution < 1.29 is 9.53 Å². The maximum absolute atomic E-state index is 12.0. The van der Waals surface area contributed by atoms with E-state index in [9.17, 15) is 4.79 Å². The van der Waals surface area contributed by atoms with Crippen LogP contribution in [0, 0.1) is 5.92 Å². The summed E-state index contributed by atoms with van der Waals surface area (Å²) in [7, 11) is 1.65. The van der Waals surface area contributed by atoms with E-state index in [0.717, 1.165) is 25.6 Å². The van der Waals surface area contributed by atoms with Crippen LogP contribution in [-0.4, -0.2) is 62.8 Å². The smallest absolute Gasteiger partial charge is 0.234 e. The molecule has 2 heterocycles. The molecule has 0 aromatic heterocycles. The van der Waals surface area contributed by atoms with Gasteiger partial charge in [0.15, 0.2) is 0 Å². The first-order valence-corrected chi connectivity index (χ1v) is 6.93. The number of nitrogens with one attached hydrogen (secondary N) is 2. The molecule has 104 valence electrons. The Balaban J connectivity index is 1.79. The fraction of sp³-hybridized carbons (Fsp3) is 0.923. The SMILES string of the molecule is COCC(C)NC(=O)CN1CCCC2CNCC21. The van der Waals surface area contributed by atoms with Gasteiger partial charge >= 0.3 is 0 Å². The van der Waals surface area contributed by atoms with Gasteiger partial charge < -0.3 is 15.4 Å². The number of amides is 1. The largest absolute Gasteiger partial charge is 0.383 e. The molecule has 5 heteroatoms. The quantitative estimate of drug-likeness (QED) is 0.716. The Kier molecular flexibility index (Phi) is 4.97. The summed E-state index contributed by atoms with van der Waals surface area (Å²) in [6.45, 7) is 6.26. The standard InChI is InChI=1S/C13H25N3O2/c1-10(9-18-2)15-13(17)8-16-5-3-4-11-6-14-7-12(11)16/h10-12,14H,3-9H2,1-2H3,(H,15,17). The van der Waals surface area contributed by atoms with Crippen molar-refractivity contribution in [3.8, 4) is 0 Å². The molecule has 3 unspecified atom stereocenters. The highest BCUT2D eigenvalue weighted by Gasteiger charge is 2.35. The number of methoxy groups -OCH3 is 1. The Morgan fingerprint density at radius 1 is 1.56 bits per heavy atom. The molecule has 2 rings (SSSR count). The van der Waals surface area contributed by atoms with E-state index in [1.807, 2.05) is 6.92 Å². The van der Waals surface area contributed by atoms with Gasteiger partial charge in [0, 0.05) is 25.7 Å². The van der Waals surface area contributed by atoms with Crippen LogP contribution in [0.25, 0.3) is 0 Å². The Morgan fingerprint density at radius 2 is 2.39 bits per heavy atom. The van der Waals surface area contributed by atoms with E-state index < -0.39 is 0 Å². The van der Waals surface area contributed by atoms with E-state index in [4.69, 9.17) is 4.74 Å². The summed E-state index contributed by atoms with van der Waals surface area (Å²) in [5.74, 6) is 0.857. The summed E-state index contributed by atoms with van der Waals surface area (Å²) in [6, 6.07) is 0.645. The molecule has 0 aromatic rings. The van der Waals surface area contributed by atoms with E-state index in [2.05, 4.69) is 15.5 Å². The number of piperidine rings is 1. The minimum Gasteiger partial charge on any atom is -0.383 e. The molecule has 0 radical (unpaired) electrons. The van der Waals surface area contributed by atoms with Crippen molar-refractivity contribution >= 4 is 5.91 Å². The second-order valence-electron chi connectivity index (χ2n) is 5.52. The average Bonchev–Trinajstić information content (AvgIpc) is 2.78. The summed E-state index contributed by atoms with van der Waals surface area (Å²) in [5, 5.41) is 6.42. The van der Waals surface area contributed by atoms with Crippen molar-refractivity contribution in [3.05, 3.63) is 0 Å². The topological polar surface area (TPSA) is 53.6 Å². The first-order chi connectivity index (χ1) is 8.70. The molecule has 2 fully saturated rings. The third-order valence-electron chi connectivity index (χ3n) is 3.96. The van der Waals surface area contributed by atoms with Crippen LogP contribution in [0.5, 0.6) is 0 Å². The third-order valence-corrected chi connectivity index (χ3v) is 3.96. The van der Waals surface area contributed by atoms with Crippen LogP contribution in [0.15, 0.2) is 0 Å². The highest BCUT2D eigenvalue weighted by Crippen LogP contribution is 2.25. The van der Waals surface area contributed by atoms with Crippen molar-refractivity contribution in [3.63, 3.8) is 0 Å². The van der Waals surface area contributed by atoms with Crippen LogP contribution in [0.4, 0.5) is 0 Å². The Bertz CT molecular complexity index is 285. The van der Waals surface area contributed by atoms with E-state index >= 15 is 0 Å². The lowest BCUT2D eigenvalue weighted by Gasteiger charge is -2.36. The highest BCUT2D eigenvalue weighted by molar-refractivity contribution is 5.78. The molecule has 2 N–H and O–H groups in total. The van der Waals surface area contributed by atoms with Gasteiger partial charge in [0.2, 0.25) is 5.91 Å². The van der Waals surface area contributed by atoms with Crippen LogP contribution in [0.1, 0.15) is 19.8 Å². The molecule has 18 heavy (non-hydrogen) atoms. The van der Waals surface area contributed by atoms with Gasteiger partial charge in [-0.1, -0.05) is 0 Å². The summed E-state index contributed by atoms with van der Waals surface area (Å²) < 4.78 is 5.03. The zero-order valence-electron chi connectivity index (χ0n) is 11.4. The second-order valence-corrected chi connectivity index (χ2v) is 5.52. The zero-order chi connectivity index (χ0) is 13.0. The van der Waals surface area contributed by atoms with E-state index in [1.165, 1.54) is 12.8 Å². The van der Waals surface area contributed by atoms with Gasteiger partial charge in [0.05, 0.1) is 13.2 Å². The van der Waals surface area contributed by atoms with E-state index in [1.54, 1.807) is 7.11 Å². The van der Waals surface area contributed by atoms with E-state index in [0.29, 0.717) is 19.2 Å². The molecular weight excluding hydrogens is 230 g/mol. The molecule has 0 aromatic carbocycles. The fourth-order valence-corrected chi connectivity index (χ4v) is 3.16. The number of hydrogen-bond donors (Lipinski definition) is 2. The first-order valence-electron chi connectivity index (χ1n) is 6.93. The van der Waals surface area contributed by atoms with Gasteiger partial charge in [-0.3, -0.25) is 9.69 Å². The van der Waals surface area contributed by atoms with Gasteiger partial charge in [-0.2, -0.15) is 0 Å². The number of rotatable bonds is 5. The number of carbonyl (C=O) groups is 1. The average molecular weight is 255 g/mol. The summed E-state index contributed by atoms with van der Waals surface area (Å²) >= 11 is 0. The predicted molar refractivity (Wildman–Crippen MR) is 70.4 cm³/mol. The van der Waals surface area contributed by atoms with Crippen LogP contribution < -0.4 is 10.6 Å². The number of nitrogens with zero attached hydrogens (tertiary/aromatic N) is 1. The molecular formula is C13H25N3O2. The summed E-state index contributed by atoms with van der Waals surface area (Å²) in [5.41, 5.74) is 0. The first kappa shape index (κ1) is 13.8. The lowest BCUT2D eigenvalue weighted by atomic mass is 9.92. The van der Waals surface area contributed by atoms with Crippen molar-refractivity contribution in [2.75, 3.05) is 39.9 Å². The molecule has 0 aliphatic carbocycles. The predicted octanol–water partition coefficient (Wildman–Crippen LogP) is -0.179. The number of fused-ring (bicyclic) bond motifs is 1. The summed E-state index contributed by atoms with van der Waals surface area (Å²) in [6.07, 6.45) is 2.51. The molecule has 2 aliphatic rings. The number of ether oxygens (including phenoxy) is 1. The van der Waals surface area contributed by atoms with Crippen LogP contribution in [0.3, 0.4) is 0 Å². The monoisotopic (exact) mass is 255 g/mol. The van der Waals surface area contributed by atoms with Gasteiger partial charge in [0.25, 0.3) is 0 Å². The minimum atomic E-state index is 0.0878. The minimum absolute atomic E-state index is 0.0878. The lowest BCUT2D eigenvalue weighted by Crippen LogP contribution is -2.50. The Morgan fingerprint density at radius 3 is 3.17 bits per heavy atom. The van der Waals surface area contributed by atoms with Gasteiger partial charge in [-0.15, -0.1) is 0 Å². The van der Waals surface area contributed by atoms with Crippen molar-refractivity contribution in [2.45, 2.75) is 31.8 Å². The molecule has 0 bridgehead atoms. The van der Waals surface area contributed by atoms with Crippen molar-refractivity contribution in [2.24, 2.45) is 5.92 Å². The molecule has 0 saturated carbocycles. The number of carbonyl (C=O) groups excluding carboxylic acids is 1. The van der Waals surface area contributed by atoms with E-state index in [-0.39, 0.29) is 11.9 Å². The van der Waals surface area contributed by atoms with Crippen molar-refractivity contribution in [1.29, 1.82) is 0 Å². The van der Waals surface area contributed by atoms with Crippen molar-refractivity contribution in [1.82, 2.24) is 15.5 Å². The number of likely N-dealkylation sites (tertiary alicyclic amines) is 1. The lowest BCUT2D eigenvalue weighted by molar-refractivity contribution is -0.124. The molecule has 2 aliphatic heterocycles. The molecule has 2 saturated heterocycles. The summed E-state index contributed by atoms with van der Waals surface area (Å²) in [4.78, 5) is 14.3. The Hall–Kier alpha value is -0.650. The normalized spacial score (nSPS) is 29.9. The maximum atomic E-state index is 12.0. The van der Waals surface area contributed by atoms with Crippen LogP contribution in [0.2, 0.25) is 0 Å². The molecule has 5 nitrogen and oxygen atoms in total. The van der Waals surface area contributed by atoms with Crippen LogP contribution in [-0.2, 0) is 9.53 Å². The van der Waals surface area contributed by atoms with Gasteiger partial charge in [-0.05, 0) is 38.8 Å². The third kappa shape index (κ3) is 3.43.